The largest absolute Gasteiger partial charge is 0.309 e. The fourth-order valence-electron chi connectivity index (χ4n) is 1.56. The van der Waals surface area contributed by atoms with E-state index in [4.69, 9.17) is 0 Å². The quantitative estimate of drug-likeness (QED) is 0.596. The van der Waals surface area contributed by atoms with Crippen LogP contribution in [0.1, 0.15) is 21.8 Å². The molecule has 1 aliphatic rings. The van der Waals surface area contributed by atoms with Gasteiger partial charge in [-0.15, -0.1) is 0 Å². The van der Waals surface area contributed by atoms with Crippen molar-refractivity contribution in [3.05, 3.63) is 48.0 Å². The molecule has 2 rings (SSSR count). The first-order valence-electron chi connectivity index (χ1n) is 4.84. The summed E-state index contributed by atoms with van der Waals surface area (Å²) in [6.45, 7) is 4.28. The van der Waals surface area contributed by atoms with Crippen molar-refractivity contribution in [2.75, 3.05) is 6.54 Å². The van der Waals surface area contributed by atoms with Crippen LogP contribution in [0.2, 0.25) is 0 Å². The summed E-state index contributed by atoms with van der Waals surface area (Å²) in [5.74, 6) is 0.276. The van der Waals surface area contributed by atoms with Gasteiger partial charge in [0.2, 0.25) is 0 Å². The van der Waals surface area contributed by atoms with Gasteiger partial charge in [0.05, 0.1) is 0 Å². The van der Waals surface area contributed by atoms with Gasteiger partial charge < -0.3 is 5.43 Å². The number of ketones is 1. The lowest BCUT2D eigenvalue weighted by atomic mass is 9.99. The van der Waals surface area contributed by atoms with Gasteiger partial charge in [0.1, 0.15) is 0 Å². The molecular weight excluding hydrogens is 188 g/mol. The Morgan fingerprint density at radius 1 is 1.47 bits per heavy atom. The maximum absolute atomic E-state index is 11.3. The van der Waals surface area contributed by atoms with Gasteiger partial charge in [-0.1, -0.05) is 30.8 Å². The van der Waals surface area contributed by atoms with E-state index >= 15 is 0 Å². The lowest BCUT2D eigenvalue weighted by Crippen LogP contribution is -2.08. The molecule has 0 amide bonds. The molecule has 0 aromatic heterocycles. The highest BCUT2D eigenvalue weighted by molar-refractivity contribution is 6.04. The third kappa shape index (κ3) is 1.96. The number of rotatable bonds is 3. The van der Waals surface area contributed by atoms with Crippen molar-refractivity contribution in [1.29, 1.82) is 0 Å². The topological polar surface area (TPSA) is 41.5 Å². The molecular formula is C12H12N2O. The Hall–Kier alpha value is -1.90. The van der Waals surface area contributed by atoms with Gasteiger partial charge >= 0.3 is 0 Å². The van der Waals surface area contributed by atoms with Gasteiger partial charge in [0, 0.05) is 24.2 Å². The second-order valence-electron chi connectivity index (χ2n) is 3.44. The van der Waals surface area contributed by atoms with E-state index in [-0.39, 0.29) is 5.78 Å². The van der Waals surface area contributed by atoms with E-state index in [0.29, 0.717) is 11.5 Å². The van der Waals surface area contributed by atoms with Crippen molar-refractivity contribution < 1.29 is 4.79 Å². The predicted octanol–water partition coefficient (Wildman–Crippen LogP) is 1.73. The minimum atomic E-state index is -0.0419. The normalized spacial score (nSPS) is 18.5. The van der Waals surface area contributed by atoms with E-state index in [1.165, 1.54) is 11.6 Å². The number of hydrazone groups is 1. The standard InChI is InChI=1S/C12H12N2O/c1-2-12(15)10-5-3-9(4-6-10)11-7-13-14-8-11/h2-7,11,14H,1,8H2. The summed E-state index contributed by atoms with van der Waals surface area (Å²) in [5.41, 5.74) is 4.75. The van der Waals surface area contributed by atoms with Gasteiger partial charge in [-0.3, -0.25) is 4.79 Å². The summed E-state index contributed by atoms with van der Waals surface area (Å²) in [4.78, 5) is 11.3. The highest BCUT2D eigenvalue weighted by Crippen LogP contribution is 2.16. The average Bonchev–Trinajstić information content (AvgIpc) is 2.82. The van der Waals surface area contributed by atoms with Crippen LogP contribution in [0, 0.1) is 0 Å². The third-order valence-electron chi connectivity index (χ3n) is 2.47. The number of carbonyl (C=O) groups is 1. The fraction of sp³-hybridized carbons (Fsp3) is 0.167. The summed E-state index contributed by atoms with van der Waals surface area (Å²) >= 11 is 0. The molecule has 0 radical (unpaired) electrons. The van der Waals surface area contributed by atoms with Crippen molar-refractivity contribution in [2.24, 2.45) is 5.10 Å². The molecule has 15 heavy (non-hydrogen) atoms. The van der Waals surface area contributed by atoms with Crippen molar-refractivity contribution in [1.82, 2.24) is 5.43 Å². The van der Waals surface area contributed by atoms with Crippen LogP contribution in [-0.4, -0.2) is 18.5 Å². The second-order valence-corrected chi connectivity index (χ2v) is 3.44. The molecule has 3 nitrogen and oxygen atoms in total. The van der Waals surface area contributed by atoms with Gasteiger partial charge in [-0.25, -0.2) is 0 Å². The summed E-state index contributed by atoms with van der Waals surface area (Å²) in [7, 11) is 0. The van der Waals surface area contributed by atoms with Crippen LogP contribution in [-0.2, 0) is 0 Å². The van der Waals surface area contributed by atoms with Gasteiger partial charge in [0.25, 0.3) is 0 Å². The van der Waals surface area contributed by atoms with Crippen molar-refractivity contribution in [3.8, 4) is 0 Å². The molecule has 0 bridgehead atoms. The van der Waals surface area contributed by atoms with Crippen LogP contribution in [0.15, 0.2) is 42.0 Å². The molecule has 76 valence electrons. The highest BCUT2D eigenvalue weighted by Gasteiger charge is 2.12. The summed E-state index contributed by atoms with van der Waals surface area (Å²) in [6.07, 6.45) is 3.21. The SMILES string of the molecule is C=CC(=O)c1ccc(C2C=NNC2)cc1. The molecule has 0 spiro atoms. The molecule has 1 aromatic carbocycles. The molecule has 1 aliphatic heterocycles. The van der Waals surface area contributed by atoms with Crippen LogP contribution >= 0.6 is 0 Å². The van der Waals surface area contributed by atoms with Gasteiger partial charge in [0.15, 0.2) is 5.78 Å². The van der Waals surface area contributed by atoms with E-state index in [1.807, 2.05) is 30.5 Å². The number of allylic oxidation sites excluding steroid dienone is 1. The van der Waals surface area contributed by atoms with Crippen LogP contribution in [0.5, 0.6) is 0 Å². The number of hydrogen-bond acceptors (Lipinski definition) is 3. The van der Waals surface area contributed by atoms with Crippen LogP contribution in [0.4, 0.5) is 0 Å². The van der Waals surface area contributed by atoms with Crippen molar-refractivity contribution in [2.45, 2.75) is 5.92 Å². The van der Waals surface area contributed by atoms with Crippen LogP contribution in [0.25, 0.3) is 0 Å². The third-order valence-corrected chi connectivity index (χ3v) is 2.47. The Balaban J connectivity index is 2.20. The number of nitrogens with one attached hydrogen (secondary N) is 1. The Morgan fingerprint density at radius 2 is 2.20 bits per heavy atom. The predicted molar refractivity (Wildman–Crippen MR) is 60.2 cm³/mol. The average molecular weight is 200 g/mol. The summed E-state index contributed by atoms with van der Waals surface area (Å²) in [5, 5.41) is 3.96. The van der Waals surface area contributed by atoms with E-state index < -0.39 is 0 Å². The molecule has 1 atom stereocenters. The van der Waals surface area contributed by atoms with E-state index in [0.717, 1.165) is 6.54 Å². The van der Waals surface area contributed by atoms with E-state index in [9.17, 15) is 4.79 Å². The first kappa shape index (κ1) is 9.65. The molecule has 0 aliphatic carbocycles. The first-order chi connectivity index (χ1) is 7.31. The summed E-state index contributed by atoms with van der Waals surface area (Å²) in [6, 6.07) is 7.57. The molecule has 1 heterocycles. The van der Waals surface area contributed by atoms with Crippen molar-refractivity contribution >= 4 is 12.0 Å². The number of hydrogen-bond donors (Lipinski definition) is 1. The second kappa shape index (κ2) is 4.09. The smallest absolute Gasteiger partial charge is 0.185 e. The minimum absolute atomic E-state index is 0.0419. The number of nitrogens with zero attached hydrogens (tertiary/aromatic N) is 1. The fourth-order valence-corrected chi connectivity index (χ4v) is 1.56. The van der Waals surface area contributed by atoms with E-state index in [2.05, 4.69) is 17.1 Å². The number of benzene rings is 1. The Labute approximate surface area is 88.5 Å². The highest BCUT2D eigenvalue weighted by atomic mass is 16.1. The van der Waals surface area contributed by atoms with Crippen LogP contribution < -0.4 is 5.43 Å². The van der Waals surface area contributed by atoms with Gasteiger partial charge in [-0.2, -0.15) is 5.10 Å². The molecule has 1 aromatic rings. The minimum Gasteiger partial charge on any atom is -0.309 e. The maximum atomic E-state index is 11.3. The van der Waals surface area contributed by atoms with E-state index in [1.54, 1.807) is 0 Å². The zero-order chi connectivity index (χ0) is 10.7. The Kier molecular flexibility index (Phi) is 2.63. The number of carbonyl (C=O) groups excluding carboxylic acids is 1. The lowest BCUT2D eigenvalue weighted by Gasteiger charge is -2.06. The summed E-state index contributed by atoms with van der Waals surface area (Å²) < 4.78 is 0. The Bertz CT molecular complexity index is 406. The Morgan fingerprint density at radius 3 is 2.73 bits per heavy atom. The zero-order valence-corrected chi connectivity index (χ0v) is 8.31. The van der Waals surface area contributed by atoms with Gasteiger partial charge in [-0.05, 0) is 11.6 Å². The molecule has 0 saturated carbocycles. The maximum Gasteiger partial charge on any atom is 0.185 e. The zero-order valence-electron chi connectivity index (χ0n) is 8.31. The molecule has 1 unspecified atom stereocenters. The van der Waals surface area contributed by atoms with Crippen molar-refractivity contribution in [3.63, 3.8) is 0 Å². The molecule has 0 saturated heterocycles. The monoisotopic (exact) mass is 200 g/mol. The first-order valence-corrected chi connectivity index (χ1v) is 4.84. The van der Waals surface area contributed by atoms with Crippen LogP contribution in [0.3, 0.4) is 0 Å². The molecule has 1 N–H and O–H groups in total. The lowest BCUT2D eigenvalue weighted by molar-refractivity contribution is 0.104. The molecule has 0 fully saturated rings. The molecule has 3 heteroatoms.